The van der Waals surface area contributed by atoms with Crippen molar-refractivity contribution in [2.75, 3.05) is 0 Å². The molecule has 1 rings (SSSR count). The van der Waals surface area contributed by atoms with Crippen LogP contribution in [-0.4, -0.2) is 25.5 Å². The maximum absolute atomic E-state index is 12.3. The van der Waals surface area contributed by atoms with E-state index in [1.807, 2.05) is 0 Å². The van der Waals surface area contributed by atoms with Gasteiger partial charge in [0.2, 0.25) is 10.0 Å². The molecule has 0 amide bonds. The molecule has 0 spiro atoms. The van der Waals surface area contributed by atoms with Gasteiger partial charge in [-0.3, -0.25) is 4.79 Å². The van der Waals surface area contributed by atoms with Crippen molar-refractivity contribution in [2.45, 2.75) is 31.2 Å². The van der Waals surface area contributed by atoms with E-state index >= 15 is 0 Å². The molecule has 9 heteroatoms. The molecule has 21 heavy (non-hydrogen) atoms. The summed E-state index contributed by atoms with van der Waals surface area (Å²) < 4.78 is 27.3. The van der Waals surface area contributed by atoms with Gasteiger partial charge in [0.1, 0.15) is 10.9 Å². The highest BCUT2D eigenvalue weighted by atomic mass is 79.9. The van der Waals surface area contributed by atoms with E-state index in [-0.39, 0.29) is 27.3 Å². The monoisotopic (exact) mass is 417 g/mol. The molecular weight excluding hydrogens is 405 g/mol. The number of rotatable bonds is 6. The molecule has 1 atom stereocenters. The van der Waals surface area contributed by atoms with E-state index in [0.717, 1.165) is 0 Å². The number of benzene rings is 1. The van der Waals surface area contributed by atoms with Crippen molar-refractivity contribution >= 4 is 55.1 Å². The molecule has 0 heterocycles. The average Bonchev–Trinajstić information content (AvgIpc) is 2.24. The van der Waals surface area contributed by atoms with Crippen molar-refractivity contribution in [3.05, 3.63) is 26.7 Å². The standard InChI is InChI=1S/C12H14BrCl2NO4S/c1-6(2)3-10(12(17)18)16-21(19,20)11-8(14)4-7(13)5-9(11)15/h4-6,10,16H,3H2,1-2H3,(H,17,18)/t10-/m0/s1. The summed E-state index contributed by atoms with van der Waals surface area (Å²) in [5, 5.41) is 8.94. The SMILES string of the molecule is CC(C)C[C@H](NS(=O)(=O)c1c(Cl)cc(Br)cc1Cl)C(=O)O. The maximum Gasteiger partial charge on any atom is 0.321 e. The predicted octanol–water partition coefficient (Wildman–Crippen LogP) is 3.53. The highest BCUT2D eigenvalue weighted by Gasteiger charge is 2.29. The van der Waals surface area contributed by atoms with Gasteiger partial charge in [-0.2, -0.15) is 4.72 Å². The van der Waals surface area contributed by atoms with Gasteiger partial charge < -0.3 is 5.11 Å². The van der Waals surface area contributed by atoms with Gasteiger partial charge in [-0.05, 0) is 24.5 Å². The van der Waals surface area contributed by atoms with Gasteiger partial charge in [-0.25, -0.2) is 8.42 Å². The second kappa shape index (κ2) is 7.28. The smallest absolute Gasteiger partial charge is 0.321 e. The van der Waals surface area contributed by atoms with Crippen molar-refractivity contribution < 1.29 is 18.3 Å². The number of nitrogens with one attached hydrogen (secondary N) is 1. The molecule has 2 N–H and O–H groups in total. The Morgan fingerprint density at radius 2 is 1.81 bits per heavy atom. The minimum absolute atomic E-state index is 0.00432. The fourth-order valence-electron chi connectivity index (χ4n) is 1.70. The highest BCUT2D eigenvalue weighted by Crippen LogP contribution is 2.33. The van der Waals surface area contributed by atoms with Crippen molar-refractivity contribution in [1.82, 2.24) is 4.72 Å². The van der Waals surface area contributed by atoms with Crippen LogP contribution in [0.1, 0.15) is 20.3 Å². The number of carbonyl (C=O) groups is 1. The van der Waals surface area contributed by atoms with Gasteiger partial charge in [0.15, 0.2) is 0 Å². The van der Waals surface area contributed by atoms with Gasteiger partial charge >= 0.3 is 5.97 Å². The predicted molar refractivity (Wildman–Crippen MR) is 85.4 cm³/mol. The molecule has 0 saturated carbocycles. The van der Waals surface area contributed by atoms with Crippen LogP contribution < -0.4 is 4.72 Å². The topological polar surface area (TPSA) is 83.5 Å². The zero-order valence-electron chi connectivity index (χ0n) is 11.2. The van der Waals surface area contributed by atoms with Crippen LogP contribution in [0.25, 0.3) is 0 Å². The molecule has 0 aliphatic heterocycles. The molecule has 0 bridgehead atoms. The van der Waals surface area contributed by atoms with Gasteiger partial charge in [0.25, 0.3) is 0 Å². The van der Waals surface area contributed by atoms with E-state index in [2.05, 4.69) is 20.7 Å². The normalized spacial score (nSPS) is 13.4. The number of carboxylic acids is 1. The third kappa shape index (κ3) is 5.10. The van der Waals surface area contributed by atoms with Crippen molar-refractivity contribution in [3.63, 3.8) is 0 Å². The fourth-order valence-corrected chi connectivity index (χ4v) is 4.84. The van der Waals surface area contributed by atoms with Crippen molar-refractivity contribution in [2.24, 2.45) is 5.92 Å². The Labute approximate surface area is 141 Å². The number of aliphatic carboxylic acids is 1. The van der Waals surface area contributed by atoms with E-state index in [9.17, 15) is 13.2 Å². The Balaban J connectivity index is 3.20. The molecule has 5 nitrogen and oxygen atoms in total. The summed E-state index contributed by atoms with van der Waals surface area (Å²) in [6, 6.07) is 1.51. The number of carboxylic acid groups (broad SMARTS) is 1. The summed E-state index contributed by atoms with van der Waals surface area (Å²) in [4.78, 5) is 10.8. The van der Waals surface area contributed by atoms with Gasteiger partial charge in [-0.1, -0.05) is 53.0 Å². The minimum Gasteiger partial charge on any atom is -0.480 e. The molecule has 0 fully saturated rings. The molecule has 0 aromatic heterocycles. The first-order valence-electron chi connectivity index (χ1n) is 5.94. The Kier molecular flexibility index (Phi) is 6.49. The molecule has 1 aromatic rings. The first-order chi connectivity index (χ1) is 9.54. The molecule has 0 saturated heterocycles. The third-order valence-electron chi connectivity index (χ3n) is 2.53. The van der Waals surface area contributed by atoms with Crippen LogP contribution in [0.3, 0.4) is 0 Å². The van der Waals surface area contributed by atoms with E-state index in [1.54, 1.807) is 13.8 Å². The van der Waals surface area contributed by atoms with Crippen LogP contribution in [0, 0.1) is 5.92 Å². The summed E-state index contributed by atoms with van der Waals surface area (Å²) in [5.41, 5.74) is 0. The van der Waals surface area contributed by atoms with Crippen molar-refractivity contribution in [1.29, 1.82) is 0 Å². The van der Waals surface area contributed by atoms with Crippen LogP contribution in [-0.2, 0) is 14.8 Å². The van der Waals surface area contributed by atoms with Crippen molar-refractivity contribution in [3.8, 4) is 0 Å². The van der Waals surface area contributed by atoms with E-state index in [1.165, 1.54) is 12.1 Å². The summed E-state index contributed by atoms with van der Waals surface area (Å²) >= 11 is 15.0. The molecule has 0 radical (unpaired) electrons. The van der Waals surface area contributed by atoms with E-state index in [0.29, 0.717) is 4.47 Å². The molecular formula is C12H14BrCl2NO4S. The largest absolute Gasteiger partial charge is 0.480 e. The van der Waals surface area contributed by atoms with E-state index < -0.39 is 22.0 Å². The summed E-state index contributed by atoms with van der Waals surface area (Å²) in [6.45, 7) is 3.59. The quantitative estimate of drug-likeness (QED) is 0.739. The number of halogens is 3. The van der Waals surface area contributed by atoms with Gasteiger partial charge in [0, 0.05) is 4.47 Å². The summed E-state index contributed by atoms with van der Waals surface area (Å²) in [6.07, 6.45) is 0.153. The lowest BCUT2D eigenvalue weighted by atomic mass is 10.1. The number of sulfonamides is 1. The fraction of sp³-hybridized carbons (Fsp3) is 0.417. The van der Waals surface area contributed by atoms with Gasteiger partial charge in [0.05, 0.1) is 10.0 Å². The lowest BCUT2D eigenvalue weighted by Crippen LogP contribution is -2.41. The Bertz CT molecular complexity index is 626. The number of hydrogen-bond acceptors (Lipinski definition) is 3. The average molecular weight is 419 g/mol. The summed E-state index contributed by atoms with van der Waals surface area (Å²) in [7, 11) is -4.14. The van der Waals surface area contributed by atoms with Crippen LogP contribution in [0.4, 0.5) is 0 Å². The van der Waals surface area contributed by atoms with Crippen LogP contribution >= 0.6 is 39.1 Å². The minimum atomic E-state index is -4.14. The summed E-state index contributed by atoms with van der Waals surface area (Å²) in [5.74, 6) is -1.25. The first kappa shape index (κ1) is 18.7. The zero-order chi connectivity index (χ0) is 16.4. The number of hydrogen-bond donors (Lipinski definition) is 2. The van der Waals surface area contributed by atoms with Gasteiger partial charge in [-0.15, -0.1) is 0 Å². The molecule has 118 valence electrons. The second-order valence-electron chi connectivity index (χ2n) is 4.84. The Morgan fingerprint density at radius 3 is 2.19 bits per heavy atom. The lowest BCUT2D eigenvalue weighted by molar-refractivity contribution is -0.139. The Hall–Kier alpha value is -0.340. The molecule has 0 aliphatic carbocycles. The second-order valence-corrected chi connectivity index (χ2v) is 8.22. The highest BCUT2D eigenvalue weighted by molar-refractivity contribution is 9.10. The van der Waals surface area contributed by atoms with E-state index in [4.69, 9.17) is 28.3 Å². The maximum atomic E-state index is 12.3. The first-order valence-corrected chi connectivity index (χ1v) is 8.97. The lowest BCUT2D eigenvalue weighted by Gasteiger charge is -2.17. The molecule has 1 aromatic carbocycles. The van der Waals surface area contributed by atoms with Crippen LogP contribution in [0.15, 0.2) is 21.5 Å². The molecule has 0 unspecified atom stereocenters. The van der Waals surface area contributed by atoms with Crippen LogP contribution in [0.5, 0.6) is 0 Å². The Morgan fingerprint density at radius 1 is 1.33 bits per heavy atom. The molecule has 0 aliphatic rings. The third-order valence-corrected chi connectivity index (χ3v) is 5.38. The van der Waals surface area contributed by atoms with Crippen LogP contribution in [0.2, 0.25) is 10.0 Å². The zero-order valence-corrected chi connectivity index (χ0v) is 15.1.